The maximum Gasteiger partial charge on any atom is 0.303 e. The minimum absolute atomic E-state index is 0.0364. The van der Waals surface area contributed by atoms with Gasteiger partial charge in [-0.25, -0.2) is 0 Å². The van der Waals surface area contributed by atoms with Gasteiger partial charge in [-0.1, -0.05) is 67.6 Å². The van der Waals surface area contributed by atoms with Gasteiger partial charge in [0, 0.05) is 12.5 Å². The topological polar surface area (TPSA) is 43.4 Å². The number of benzene rings is 2. The van der Waals surface area contributed by atoms with Crippen LogP contribution in [0, 0.1) is 5.92 Å². The van der Waals surface area contributed by atoms with Gasteiger partial charge in [-0.2, -0.15) is 0 Å². The molecule has 2 unspecified atom stereocenters. The summed E-state index contributed by atoms with van der Waals surface area (Å²) >= 11 is 0. The van der Waals surface area contributed by atoms with Crippen LogP contribution in [0.5, 0.6) is 0 Å². The van der Waals surface area contributed by atoms with E-state index in [4.69, 9.17) is 4.74 Å². The van der Waals surface area contributed by atoms with Crippen molar-refractivity contribution >= 4 is 11.8 Å². The molecule has 0 aliphatic heterocycles. The number of hydrogen-bond acceptors (Lipinski definition) is 3. The Kier molecular flexibility index (Phi) is 4.88. The number of carbonyl (C=O) groups is 2. The lowest BCUT2D eigenvalue weighted by Crippen LogP contribution is -2.23. The van der Waals surface area contributed by atoms with E-state index in [1.165, 1.54) is 6.92 Å². The monoisotopic (exact) mass is 282 g/mol. The Bertz CT molecular complexity index is 605. The highest BCUT2D eigenvalue weighted by atomic mass is 16.5. The first-order chi connectivity index (χ1) is 10.1. The Balaban J connectivity index is 2.28. The Morgan fingerprint density at radius 2 is 1.43 bits per heavy atom. The second-order valence-electron chi connectivity index (χ2n) is 4.96. The summed E-state index contributed by atoms with van der Waals surface area (Å²) in [4.78, 5) is 23.9. The van der Waals surface area contributed by atoms with Crippen molar-refractivity contribution in [1.29, 1.82) is 0 Å². The molecular formula is C18H18O3. The molecule has 0 spiro atoms. The van der Waals surface area contributed by atoms with Gasteiger partial charge in [0.25, 0.3) is 0 Å². The van der Waals surface area contributed by atoms with E-state index in [9.17, 15) is 9.59 Å². The highest BCUT2D eigenvalue weighted by Crippen LogP contribution is 2.28. The number of ether oxygens (including phenoxy) is 1. The van der Waals surface area contributed by atoms with Crippen LogP contribution in [-0.2, 0) is 9.53 Å². The van der Waals surface area contributed by atoms with Gasteiger partial charge in [0.05, 0.1) is 5.92 Å². The summed E-state index contributed by atoms with van der Waals surface area (Å²) < 4.78 is 5.38. The highest BCUT2D eigenvalue weighted by molar-refractivity contribution is 5.98. The summed E-state index contributed by atoms with van der Waals surface area (Å²) in [5, 5.41) is 0. The van der Waals surface area contributed by atoms with Crippen LogP contribution in [-0.4, -0.2) is 11.8 Å². The highest BCUT2D eigenvalue weighted by Gasteiger charge is 2.28. The van der Waals surface area contributed by atoms with Crippen LogP contribution >= 0.6 is 0 Å². The van der Waals surface area contributed by atoms with Crippen molar-refractivity contribution in [3.8, 4) is 0 Å². The minimum atomic E-state index is -0.573. The summed E-state index contributed by atoms with van der Waals surface area (Å²) in [5.41, 5.74) is 1.45. The Morgan fingerprint density at radius 1 is 0.905 bits per heavy atom. The molecule has 0 aromatic heterocycles. The number of esters is 1. The molecule has 2 atom stereocenters. The van der Waals surface area contributed by atoms with E-state index in [0.717, 1.165) is 5.56 Å². The summed E-state index contributed by atoms with van der Waals surface area (Å²) in [7, 11) is 0. The van der Waals surface area contributed by atoms with Crippen molar-refractivity contribution in [1.82, 2.24) is 0 Å². The van der Waals surface area contributed by atoms with E-state index < -0.39 is 18.0 Å². The van der Waals surface area contributed by atoms with Crippen molar-refractivity contribution in [3.05, 3.63) is 71.8 Å². The molecule has 3 nitrogen and oxygen atoms in total. The fourth-order valence-electron chi connectivity index (χ4n) is 2.28. The van der Waals surface area contributed by atoms with E-state index in [0.29, 0.717) is 5.56 Å². The van der Waals surface area contributed by atoms with Crippen LogP contribution in [0.3, 0.4) is 0 Å². The predicted molar refractivity (Wildman–Crippen MR) is 80.9 cm³/mol. The van der Waals surface area contributed by atoms with Crippen molar-refractivity contribution in [2.24, 2.45) is 5.92 Å². The van der Waals surface area contributed by atoms with Crippen molar-refractivity contribution in [2.45, 2.75) is 20.0 Å². The standard InChI is InChI=1S/C18H18O3/c1-13(17(20)15-9-5-3-6-10-15)18(21-14(2)19)16-11-7-4-8-12-16/h3-13,18H,1-2H3. The second-order valence-corrected chi connectivity index (χ2v) is 4.96. The quantitative estimate of drug-likeness (QED) is 0.618. The van der Waals surface area contributed by atoms with Crippen molar-refractivity contribution < 1.29 is 14.3 Å². The second kappa shape index (κ2) is 6.84. The van der Waals surface area contributed by atoms with Crippen LogP contribution in [0.25, 0.3) is 0 Å². The Labute approximate surface area is 124 Å². The molecule has 0 bridgehead atoms. The summed E-state index contributed by atoms with van der Waals surface area (Å²) in [6, 6.07) is 18.4. The summed E-state index contributed by atoms with van der Waals surface area (Å²) in [6.45, 7) is 3.14. The van der Waals surface area contributed by atoms with Gasteiger partial charge in [0.1, 0.15) is 6.10 Å². The molecule has 0 fully saturated rings. The first kappa shape index (κ1) is 15.0. The lowest BCUT2D eigenvalue weighted by atomic mass is 9.90. The lowest BCUT2D eigenvalue weighted by Gasteiger charge is -2.23. The average Bonchev–Trinajstić information content (AvgIpc) is 2.53. The van der Waals surface area contributed by atoms with Crippen LogP contribution in [0.4, 0.5) is 0 Å². The smallest absolute Gasteiger partial charge is 0.303 e. The molecule has 3 heteroatoms. The summed E-state index contributed by atoms with van der Waals surface area (Å²) in [6.07, 6.45) is -0.573. The van der Waals surface area contributed by atoms with Gasteiger partial charge >= 0.3 is 5.97 Å². The molecule has 0 heterocycles. The zero-order valence-electron chi connectivity index (χ0n) is 12.2. The van der Waals surface area contributed by atoms with Crippen LogP contribution in [0.2, 0.25) is 0 Å². The van der Waals surface area contributed by atoms with E-state index in [2.05, 4.69) is 0 Å². The molecule has 0 saturated heterocycles. The molecule has 0 saturated carbocycles. The Hall–Kier alpha value is -2.42. The largest absolute Gasteiger partial charge is 0.457 e. The first-order valence-electron chi connectivity index (χ1n) is 6.91. The van der Waals surface area contributed by atoms with Crippen LogP contribution < -0.4 is 0 Å². The summed E-state index contributed by atoms with van der Waals surface area (Å²) in [5.74, 6) is -0.874. The van der Waals surface area contributed by atoms with Gasteiger partial charge in [0.15, 0.2) is 5.78 Å². The van der Waals surface area contributed by atoms with Crippen LogP contribution in [0.1, 0.15) is 35.9 Å². The van der Waals surface area contributed by atoms with E-state index in [1.807, 2.05) is 48.5 Å². The van der Waals surface area contributed by atoms with Gasteiger partial charge in [-0.3, -0.25) is 9.59 Å². The third kappa shape index (κ3) is 3.78. The van der Waals surface area contributed by atoms with Gasteiger partial charge in [-0.05, 0) is 5.56 Å². The van der Waals surface area contributed by atoms with E-state index >= 15 is 0 Å². The van der Waals surface area contributed by atoms with Gasteiger partial charge in [-0.15, -0.1) is 0 Å². The van der Waals surface area contributed by atoms with E-state index in [1.54, 1.807) is 19.1 Å². The molecule has 21 heavy (non-hydrogen) atoms. The third-order valence-electron chi connectivity index (χ3n) is 3.35. The molecule has 0 radical (unpaired) electrons. The molecule has 2 aromatic carbocycles. The zero-order chi connectivity index (χ0) is 15.2. The maximum absolute atomic E-state index is 12.5. The molecule has 0 N–H and O–H groups in total. The minimum Gasteiger partial charge on any atom is -0.457 e. The van der Waals surface area contributed by atoms with E-state index in [-0.39, 0.29) is 5.78 Å². The Morgan fingerprint density at radius 3 is 1.95 bits per heavy atom. The fourth-order valence-corrected chi connectivity index (χ4v) is 2.28. The number of hydrogen-bond donors (Lipinski definition) is 0. The zero-order valence-corrected chi connectivity index (χ0v) is 12.2. The lowest BCUT2D eigenvalue weighted by molar-refractivity contribution is -0.148. The SMILES string of the molecule is CC(=O)OC(c1ccccc1)C(C)C(=O)c1ccccc1. The molecule has 0 aliphatic carbocycles. The number of carbonyl (C=O) groups excluding carboxylic acids is 2. The number of rotatable bonds is 5. The van der Waals surface area contributed by atoms with Gasteiger partial charge in [0.2, 0.25) is 0 Å². The van der Waals surface area contributed by atoms with Crippen molar-refractivity contribution in [3.63, 3.8) is 0 Å². The fraction of sp³-hybridized carbons (Fsp3) is 0.222. The van der Waals surface area contributed by atoms with Crippen LogP contribution in [0.15, 0.2) is 60.7 Å². The molecule has 0 aliphatic rings. The van der Waals surface area contributed by atoms with Gasteiger partial charge < -0.3 is 4.74 Å². The first-order valence-corrected chi connectivity index (χ1v) is 6.91. The molecular weight excluding hydrogens is 264 g/mol. The molecule has 108 valence electrons. The molecule has 2 rings (SSSR count). The number of Topliss-reactive ketones (excluding diaryl/α,β-unsaturated/α-hetero) is 1. The molecule has 2 aromatic rings. The average molecular weight is 282 g/mol. The normalized spacial score (nSPS) is 13.2. The molecule has 0 amide bonds. The maximum atomic E-state index is 12.5. The third-order valence-corrected chi connectivity index (χ3v) is 3.35. The van der Waals surface area contributed by atoms with Crippen molar-refractivity contribution in [2.75, 3.05) is 0 Å². The number of ketones is 1. The predicted octanol–water partition coefficient (Wildman–Crippen LogP) is 3.81.